The van der Waals surface area contributed by atoms with Crippen LogP contribution in [-0.2, 0) is 13.6 Å². The zero-order chi connectivity index (χ0) is 18.7. The summed E-state index contributed by atoms with van der Waals surface area (Å²) in [5.74, 6) is 0.335. The van der Waals surface area contributed by atoms with E-state index < -0.39 is 0 Å². The predicted molar refractivity (Wildman–Crippen MR) is 98.9 cm³/mol. The van der Waals surface area contributed by atoms with Gasteiger partial charge in [0.15, 0.2) is 5.82 Å². The van der Waals surface area contributed by atoms with Crippen molar-refractivity contribution in [1.29, 1.82) is 0 Å². The Morgan fingerprint density at radius 2 is 1.88 bits per heavy atom. The highest BCUT2D eigenvalue weighted by Crippen LogP contribution is 2.10. The number of carbonyl (C=O) groups is 1. The van der Waals surface area contributed by atoms with Gasteiger partial charge in [0.05, 0.1) is 6.54 Å². The first kappa shape index (κ1) is 17.6. The summed E-state index contributed by atoms with van der Waals surface area (Å²) in [5.41, 5.74) is 3.08. The molecule has 2 heterocycles. The summed E-state index contributed by atoms with van der Waals surface area (Å²) in [6.45, 7) is 4.51. The summed E-state index contributed by atoms with van der Waals surface area (Å²) in [5, 5.41) is 7.16. The number of hydrogen-bond acceptors (Lipinski definition) is 4. The first-order chi connectivity index (χ1) is 12.5. The molecular formula is C19H21N5O2. The Bertz CT molecular complexity index is 969. The molecular weight excluding hydrogens is 330 g/mol. The molecule has 0 saturated carbocycles. The van der Waals surface area contributed by atoms with Crippen LogP contribution in [0.25, 0.3) is 11.5 Å². The summed E-state index contributed by atoms with van der Waals surface area (Å²) in [6, 6.07) is 11.2. The molecule has 0 atom stereocenters. The van der Waals surface area contributed by atoms with E-state index in [1.54, 1.807) is 25.4 Å². The van der Waals surface area contributed by atoms with Crippen LogP contribution >= 0.6 is 0 Å². The van der Waals surface area contributed by atoms with Crippen molar-refractivity contribution in [1.82, 2.24) is 24.6 Å². The fourth-order valence-electron chi connectivity index (χ4n) is 2.83. The third-order valence-electron chi connectivity index (χ3n) is 4.03. The lowest BCUT2D eigenvalue weighted by Gasteiger charge is -2.07. The second-order valence-electron chi connectivity index (χ2n) is 6.24. The van der Waals surface area contributed by atoms with E-state index >= 15 is 0 Å². The smallest absolute Gasteiger partial charge is 0.346 e. The average molecular weight is 351 g/mol. The van der Waals surface area contributed by atoms with Crippen molar-refractivity contribution < 1.29 is 4.79 Å². The fraction of sp³-hybridized carbons (Fsp3) is 0.263. The normalized spacial score (nSPS) is 10.7. The van der Waals surface area contributed by atoms with Gasteiger partial charge in [-0.25, -0.2) is 9.48 Å². The number of benzene rings is 1. The number of nitrogens with zero attached hydrogens (tertiary/aromatic N) is 4. The third kappa shape index (κ3) is 3.72. The van der Waals surface area contributed by atoms with Gasteiger partial charge in [-0.15, -0.1) is 5.10 Å². The fourth-order valence-corrected chi connectivity index (χ4v) is 2.83. The molecule has 0 aliphatic rings. The lowest BCUT2D eigenvalue weighted by molar-refractivity contribution is 0.0951. The highest BCUT2D eigenvalue weighted by molar-refractivity contribution is 5.94. The Morgan fingerprint density at radius 3 is 2.54 bits per heavy atom. The largest absolute Gasteiger partial charge is 0.350 e. The van der Waals surface area contributed by atoms with Crippen molar-refractivity contribution in [2.45, 2.75) is 20.4 Å². The van der Waals surface area contributed by atoms with E-state index in [-0.39, 0.29) is 18.1 Å². The van der Waals surface area contributed by atoms with Crippen LogP contribution in [0.15, 0.2) is 47.4 Å². The van der Waals surface area contributed by atoms with Crippen LogP contribution in [0.4, 0.5) is 0 Å². The van der Waals surface area contributed by atoms with Crippen molar-refractivity contribution in [2.75, 3.05) is 6.54 Å². The van der Waals surface area contributed by atoms with E-state index in [9.17, 15) is 9.59 Å². The Morgan fingerprint density at radius 1 is 1.15 bits per heavy atom. The van der Waals surface area contributed by atoms with Gasteiger partial charge in [-0.1, -0.05) is 23.3 Å². The van der Waals surface area contributed by atoms with Crippen LogP contribution < -0.4 is 11.0 Å². The summed E-state index contributed by atoms with van der Waals surface area (Å²) in [7, 11) is 1.66. The van der Waals surface area contributed by atoms with Crippen LogP contribution in [0.5, 0.6) is 0 Å². The molecule has 0 aliphatic carbocycles. The maximum absolute atomic E-state index is 12.3. The van der Waals surface area contributed by atoms with Gasteiger partial charge in [0.2, 0.25) is 0 Å². The summed E-state index contributed by atoms with van der Waals surface area (Å²) in [4.78, 5) is 28.8. The van der Waals surface area contributed by atoms with Crippen molar-refractivity contribution in [3.05, 3.63) is 69.8 Å². The van der Waals surface area contributed by atoms with Gasteiger partial charge < -0.3 is 5.32 Å². The maximum Gasteiger partial charge on any atom is 0.346 e. The molecule has 0 saturated heterocycles. The minimum Gasteiger partial charge on any atom is -0.350 e. The zero-order valence-corrected chi connectivity index (χ0v) is 15.1. The van der Waals surface area contributed by atoms with Gasteiger partial charge in [-0.3, -0.25) is 14.3 Å². The topological polar surface area (TPSA) is 81.8 Å². The quantitative estimate of drug-likeness (QED) is 0.758. The van der Waals surface area contributed by atoms with Gasteiger partial charge in [-0.2, -0.15) is 0 Å². The monoisotopic (exact) mass is 351 g/mol. The van der Waals surface area contributed by atoms with E-state index in [1.165, 1.54) is 9.25 Å². The standard InChI is InChI=1S/C19H21N5O2/c1-13-10-14(2)12-15(11-13)18(25)21-8-9-24-19(26)23(3)17(22-24)16-6-4-5-7-20-16/h4-7,10-12H,8-9H2,1-3H3,(H,21,25). The number of nitrogens with one attached hydrogen (secondary N) is 1. The van der Waals surface area contributed by atoms with Crippen LogP contribution in [0, 0.1) is 13.8 Å². The number of hydrogen-bond donors (Lipinski definition) is 1. The number of carbonyl (C=O) groups excluding carboxylic acids is 1. The highest BCUT2D eigenvalue weighted by atomic mass is 16.2. The van der Waals surface area contributed by atoms with Gasteiger partial charge in [-0.05, 0) is 38.1 Å². The Hall–Kier alpha value is -3.22. The molecule has 0 fully saturated rings. The molecule has 0 bridgehead atoms. The average Bonchev–Trinajstić information content (AvgIpc) is 2.90. The number of aromatic nitrogens is 4. The number of amides is 1. The molecule has 3 rings (SSSR count). The summed E-state index contributed by atoms with van der Waals surface area (Å²) in [6.07, 6.45) is 1.66. The molecule has 1 N–H and O–H groups in total. The van der Waals surface area contributed by atoms with Crippen molar-refractivity contribution in [2.24, 2.45) is 7.05 Å². The van der Waals surface area contributed by atoms with Gasteiger partial charge in [0, 0.05) is 25.4 Å². The van der Waals surface area contributed by atoms with Crippen LogP contribution in [0.3, 0.4) is 0 Å². The molecule has 134 valence electrons. The maximum atomic E-state index is 12.3. The third-order valence-corrected chi connectivity index (χ3v) is 4.03. The molecule has 0 radical (unpaired) electrons. The van der Waals surface area contributed by atoms with E-state index in [2.05, 4.69) is 15.4 Å². The second-order valence-corrected chi connectivity index (χ2v) is 6.24. The molecule has 26 heavy (non-hydrogen) atoms. The highest BCUT2D eigenvalue weighted by Gasteiger charge is 2.13. The minimum atomic E-state index is -0.244. The number of pyridine rings is 1. The summed E-state index contributed by atoms with van der Waals surface area (Å²) < 4.78 is 2.79. The van der Waals surface area contributed by atoms with E-state index in [0.717, 1.165) is 11.1 Å². The molecule has 2 aromatic heterocycles. The van der Waals surface area contributed by atoms with Crippen molar-refractivity contribution in [3.63, 3.8) is 0 Å². The molecule has 0 aliphatic heterocycles. The Labute approximate surface area is 151 Å². The summed E-state index contributed by atoms with van der Waals surface area (Å²) >= 11 is 0. The predicted octanol–water partition coefficient (Wildman–Crippen LogP) is 1.69. The zero-order valence-electron chi connectivity index (χ0n) is 15.1. The van der Waals surface area contributed by atoms with Gasteiger partial charge in [0.1, 0.15) is 5.69 Å². The van der Waals surface area contributed by atoms with Crippen molar-refractivity contribution in [3.8, 4) is 11.5 Å². The van der Waals surface area contributed by atoms with E-state index in [0.29, 0.717) is 23.6 Å². The minimum absolute atomic E-state index is 0.161. The SMILES string of the molecule is Cc1cc(C)cc(C(=O)NCCn2nc(-c3ccccn3)n(C)c2=O)c1. The van der Waals surface area contributed by atoms with Gasteiger partial charge >= 0.3 is 5.69 Å². The van der Waals surface area contributed by atoms with Crippen LogP contribution in [-0.4, -0.2) is 31.8 Å². The molecule has 3 aromatic rings. The second kappa shape index (κ2) is 7.35. The first-order valence-corrected chi connectivity index (χ1v) is 8.37. The van der Waals surface area contributed by atoms with Crippen LogP contribution in [0.2, 0.25) is 0 Å². The molecule has 7 heteroatoms. The van der Waals surface area contributed by atoms with E-state index in [4.69, 9.17) is 0 Å². The Balaban J connectivity index is 1.69. The molecule has 1 amide bonds. The molecule has 7 nitrogen and oxygen atoms in total. The van der Waals surface area contributed by atoms with E-state index in [1.807, 2.05) is 38.1 Å². The number of rotatable bonds is 5. The molecule has 0 unspecified atom stereocenters. The first-order valence-electron chi connectivity index (χ1n) is 8.37. The van der Waals surface area contributed by atoms with Gasteiger partial charge in [0.25, 0.3) is 5.91 Å². The lowest BCUT2D eigenvalue weighted by atomic mass is 10.1. The molecule has 0 spiro atoms. The Kier molecular flexibility index (Phi) is 4.97. The van der Waals surface area contributed by atoms with Crippen LogP contribution in [0.1, 0.15) is 21.5 Å². The lowest BCUT2D eigenvalue weighted by Crippen LogP contribution is -2.31. The molecule has 1 aromatic carbocycles. The van der Waals surface area contributed by atoms with Crippen molar-refractivity contribution >= 4 is 5.91 Å². The number of aryl methyl sites for hydroxylation is 2.